The van der Waals surface area contributed by atoms with Gasteiger partial charge in [-0.05, 0) is 17.7 Å². The Balaban J connectivity index is 2.29. The van der Waals surface area contributed by atoms with Crippen LogP contribution in [0, 0.1) is 5.92 Å². The molecule has 1 saturated heterocycles. The van der Waals surface area contributed by atoms with Crippen molar-refractivity contribution in [2.75, 3.05) is 0 Å². The first-order chi connectivity index (χ1) is 7.09. The monoisotopic (exact) mass is 224 g/mol. The number of carbonyl (C=O) groups excluding carboxylic acids is 2. The third kappa shape index (κ3) is 1.75. The summed E-state index contributed by atoms with van der Waals surface area (Å²) < 4.78 is 4.98. The van der Waals surface area contributed by atoms with Crippen molar-refractivity contribution in [1.82, 2.24) is 0 Å². The zero-order valence-corrected chi connectivity index (χ0v) is 8.82. The fourth-order valence-corrected chi connectivity index (χ4v) is 1.73. The van der Waals surface area contributed by atoms with Gasteiger partial charge in [0.2, 0.25) is 5.78 Å². The minimum Gasteiger partial charge on any atom is -0.451 e. The molecule has 0 aliphatic carbocycles. The van der Waals surface area contributed by atoms with E-state index in [1.165, 1.54) is 0 Å². The van der Waals surface area contributed by atoms with Gasteiger partial charge in [0.05, 0.1) is 5.92 Å². The molecule has 0 amide bonds. The minimum absolute atomic E-state index is 0.418. The van der Waals surface area contributed by atoms with Crippen molar-refractivity contribution in [3.63, 3.8) is 0 Å². The van der Waals surface area contributed by atoms with E-state index in [1.54, 1.807) is 31.2 Å². The smallest absolute Gasteiger partial charge is 0.375 e. The normalized spacial score (nSPS) is 25.5. The van der Waals surface area contributed by atoms with Gasteiger partial charge in [0.1, 0.15) is 6.10 Å². The van der Waals surface area contributed by atoms with Crippen LogP contribution in [0.4, 0.5) is 0 Å². The van der Waals surface area contributed by atoms with Crippen molar-refractivity contribution in [3.8, 4) is 0 Å². The molecule has 0 bridgehead atoms. The first-order valence-corrected chi connectivity index (χ1v) is 4.97. The van der Waals surface area contributed by atoms with E-state index in [-0.39, 0.29) is 0 Å². The standard InChI is InChI=1S/C11H9ClO3/c1-6-9(13)11(14)15-10(6)7-2-4-8(12)5-3-7/h2-6,10H,1H3. The summed E-state index contributed by atoms with van der Waals surface area (Å²) in [5.41, 5.74) is 0.797. The van der Waals surface area contributed by atoms with Gasteiger partial charge < -0.3 is 4.74 Å². The van der Waals surface area contributed by atoms with Gasteiger partial charge in [-0.15, -0.1) is 0 Å². The van der Waals surface area contributed by atoms with Crippen LogP contribution >= 0.6 is 11.6 Å². The van der Waals surface area contributed by atoms with E-state index in [0.29, 0.717) is 5.02 Å². The Hall–Kier alpha value is -1.35. The van der Waals surface area contributed by atoms with Gasteiger partial charge in [-0.25, -0.2) is 4.79 Å². The van der Waals surface area contributed by atoms with Gasteiger partial charge in [-0.2, -0.15) is 0 Å². The number of hydrogen-bond acceptors (Lipinski definition) is 3. The molecule has 78 valence electrons. The fraction of sp³-hybridized carbons (Fsp3) is 0.273. The molecule has 1 fully saturated rings. The largest absolute Gasteiger partial charge is 0.451 e. The van der Waals surface area contributed by atoms with E-state index in [4.69, 9.17) is 16.3 Å². The molecule has 2 rings (SSSR count). The average Bonchev–Trinajstić information content (AvgIpc) is 2.47. The summed E-state index contributed by atoms with van der Waals surface area (Å²) in [5, 5.41) is 0.613. The first-order valence-electron chi connectivity index (χ1n) is 4.60. The topological polar surface area (TPSA) is 43.4 Å². The molecule has 0 radical (unpaired) electrons. The predicted molar refractivity (Wildman–Crippen MR) is 54.5 cm³/mol. The van der Waals surface area contributed by atoms with E-state index in [2.05, 4.69) is 0 Å². The number of ketones is 1. The van der Waals surface area contributed by atoms with Crippen LogP contribution in [0.25, 0.3) is 0 Å². The van der Waals surface area contributed by atoms with Gasteiger partial charge in [0.25, 0.3) is 0 Å². The molecular weight excluding hydrogens is 216 g/mol. The number of Topliss-reactive ketones (excluding diaryl/α,β-unsaturated/α-hetero) is 1. The lowest BCUT2D eigenvalue weighted by molar-refractivity contribution is -0.149. The summed E-state index contributed by atoms with van der Waals surface area (Å²) in [7, 11) is 0. The van der Waals surface area contributed by atoms with Crippen molar-refractivity contribution in [3.05, 3.63) is 34.9 Å². The molecule has 0 spiro atoms. The summed E-state index contributed by atoms with van der Waals surface area (Å²) in [6, 6.07) is 6.94. The SMILES string of the molecule is CC1C(=O)C(=O)OC1c1ccc(Cl)cc1. The van der Waals surface area contributed by atoms with Crippen molar-refractivity contribution in [2.24, 2.45) is 5.92 Å². The molecule has 4 heteroatoms. The molecule has 0 aromatic heterocycles. The van der Waals surface area contributed by atoms with Gasteiger partial charge in [-0.1, -0.05) is 30.7 Å². The summed E-state index contributed by atoms with van der Waals surface area (Å²) in [6.07, 6.45) is -0.470. The van der Waals surface area contributed by atoms with E-state index in [0.717, 1.165) is 5.56 Å². The molecule has 3 nitrogen and oxygen atoms in total. The number of ether oxygens (including phenoxy) is 1. The second-order valence-electron chi connectivity index (χ2n) is 3.53. The van der Waals surface area contributed by atoms with Crippen LogP contribution in [0.1, 0.15) is 18.6 Å². The summed E-state index contributed by atoms with van der Waals surface area (Å²) in [4.78, 5) is 22.3. The molecule has 2 atom stereocenters. The van der Waals surface area contributed by atoms with Crippen LogP contribution in [0.5, 0.6) is 0 Å². The number of esters is 1. The number of rotatable bonds is 1. The van der Waals surface area contributed by atoms with Gasteiger partial charge in [0, 0.05) is 5.02 Å². The quantitative estimate of drug-likeness (QED) is 0.542. The molecular formula is C11H9ClO3. The zero-order valence-electron chi connectivity index (χ0n) is 8.07. The third-order valence-corrected chi connectivity index (χ3v) is 2.75. The van der Waals surface area contributed by atoms with Crippen molar-refractivity contribution < 1.29 is 14.3 Å². The van der Waals surface area contributed by atoms with E-state index >= 15 is 0 Å². The number of hydrogen-bond donors (Lipinski definition) is 0. The van der Waals surface area contributed by atoms with Crippen molar-refractivity contribution in [1.29, 1.82) is 0 Å². The Morgan fingerprint density at radius 2 is 1.80 bits per heavy atom. The number of cyclic esters (lactones) is 1. The highest BCUT2D eigenvalue weighted by Crippen LogP contribution is 2.33. The Kier molecular flexibility index (Phi) is 2.49. The number of halogens is 1. The number of benzene rings is 1. The molecule has 1 aliphatic heterocycles. The predicted octanol–water partition coefficient (Wildman–Crippen LogP) is 2.14. The maximum absolute atomic E-state index is 11.3. The maximum atomic E-state index is 11.3. The van der Waals surface area contributed by atoms with Crippen LogP contribution in [0.15, 0.2) is 24.3 Å². The molecule has 1 aliphatic rings. The lowest BCUT2D eigenvalue weighted by Crippen LogP contribution is -2.12. The minimum atomic E-state index is -0.748. The van der Waals surface area contributed by atoms with E-state index in [9.17, 15) is 9.59 Å². The molecule has 0 N–H and O–H groups in total. The van der Waals surface area contributed by atoms with E-state index in [1.807, 2.05) is 0 Å². The Morgan fingerprint density at radius 1 is 1.20 bits per heavy atom. The lowest BCUT2D eigenvalue weighted by atomic mass is 9.96. The molecule has 1 aromatic rings. The Labute approximate surface area is 92.0 Å². The Morgan fingerprint density at radius 3 is 2.27 bits per heavy atom. The average molecular weight is 225 g/mol. The van der Waals surface area contributed by atoms with Crippen LogP contribution in [0.2, 0.25) is 5.02 Å². The molecule has 1 heterocycles. The highest BCUT2D eigenvalue weighted by atomic mass is 35.5. The van der Waals surface area contributed by atoms with Crippen molar-refractivity contribution >= 4 is 23.4 Å². The van der Waals surface area contributed by atoms with E-state index < -0.39 is 23.8 Å². The van der Waals surface area contributed by atoms with Gasteiger partial charge >= 0.3 is 5.97 Å². The third-order valence-electron chi connectivity index (χ3n) is 2.50. The number of carbonyl (C=O) groups is 2. The van der Waals surface area contributed by atoms with Crippen LogP contribution in [-0.2, 0) is 14.3 Å². The van der Waals surface area contributed by atoms with Crippen LogP contribution in [-0.4, -0.2) is 11.8 Å². The van der Waals surface area contributed by atoms with Gasteiger partial charge in [-0.3, -0.25) is 4.79 Å². The maximum Gasteiger partial charge on any atom is 0.375 e. The molecule has 1 aromatic carbocycles. The molecule has 2 unspecified atom stereocenters. The zero-order chi connectivity index (χ0) is 11.0. The van der Waals surface area contributed by atoms with Crippen LogP contribution < -0.4 is 0 Å². The molecule has 0 saturated carbocycles. The fourth-order valence-electron chi connectivity index (χ4n) is 1.61. The highest BCUT2D eigenvalue weighted by molar-refractivity contribution is 6.36. The Bertz CT molecular complexity index is 410. The summed E-state index contributed by atoms with van der Waals surface area (Å²) in [5.74, 6) is -1.63. The summed E-state index contributed by atoms with van der Waals surface area (Å²) >= 11 is 5.74. The summed E-state index contributed by atoms with van der Waals surface area (Å²) in [6.45, 7) is 1.69. The highest BCUT2D eigenvalue weighted by Gasteiger charge is 2.41. The van der Waals surface area contributed by atoms with Gasteiger partial charge in [0.15, 0.2) is 0 Å². The first kappa shape index (κ1) is 10.2. The molecule has 15 heavy (non-hydrogen) atoms. The second-order valence-corrected chi connectivity index (χ2v) is 3.97. The lowest BCUT2D eigenvalue weighted by Gasteiger charge is -2.12. The van der Waals surface area contributed by atoms with Crippen LogP contribution in [0.3, 0.4) is 0 Å². The van der Waals surface area contributed by atoms with Crippen molar-refractivity contribution in [2.45, 2.75) is 13.0 Å². The second kappa shape index (κ2) is 3.66.